The second kappa shape index (κ2) is 6.87. The summed E-state index contributed by atoms with van der Waals surface area (Å²) in [6.45, 7) is 4.02. The number of fused-ring (bicyclic) bond motifs is 1. The first-order valence-electron chi connectivity index (χ1n) is 8.36. The highest BCUT2D eigenvalue weighted by molar-refractivity contribution is 6.31. The summed E-state index contributed by atoms with van der Waals surface area (Å²) >= 11 is 6.30. The van der Waals surface area contributed by atoms with E-state index in [1.807, 2.05) is 23.0 Å². The monoisotopic (exact) mass is 341 g/mol. The normalized spacial score (nSPS) is 19.0. The van der Waals surface area contributed by atoms with Crippen molar-refractivity contribution in [3.05, 3.63) is 53.7 Å². The van der Waals surface area contributed by atoms with E-state index in [4.69, 9.17) is 11.6 Å². The molecule has 0 radical (unpaired) electrons. The fraction of sp³-hybridized carbons (Fsp3) is 0.389. The fourth-order valence-electron chi connectivity index (χ4n) is 3.62. The van der Waals surface area contributed by atoms with Crippen LogP contribution in [0.3, 0.4) is 0 Å². The van der Waals surface area contributed by atoms with Crippen LogP contribution < -0.4 is 0 Å². The molecule has 1 aromatic carbocycles. The van der Waals surface area contributed by atoms with Gasteiger partial charge in [0.2, 0.25) is 0 Å². The van der Waals surface area contributed by atoms with E-state index < -0.39 is 0 Å². The van der Waals surface area contributed by atoms with Crippen LogP contribution in [-0.4, -0.2) is 37.7 Å². The van der Waals surface area contributed by atoms with E-state index in [0.29, 0.717) is 5.92 Å². The predicted octanol–water partition coefficient (Wildman–Crippen LogP) is 3.39. The third kappa shape index (κ3) is 3.42. The Morgan fingerprint density at radius 3 is 3.12 bits per heavy atom. The Kier molecular flexibility index (Phi) is 4.45. The molecule has 1 atom stereocenters. The van der Waals surface area contributed by atoms with Gasteiger partial charge in [0.25, 0.3) is 0 Å². The summed E-state index contributed by atoms with van der Waals surface area (Å²) in [6.07, 6.45) is 7.71. The molecule has 124 valence electrons. The second-order valence-corrected chi connectivity index (χ2v) is 6.94. The second-order valence-electron chi connectivity index (χ2n) is 6.50. The molecule has 1 aliphatic rings. The lowest BCUT2D eigenvalue weighted by Gasteiger charge is -2.32. The highest BCUT2D eigenvalue weighted by Crippen LogP contribution is 2.26. The van der Waals surface area contributed by atoms with Crippen LogP contribution in [0.5, 0.6) is 0 Å². The van der Waals surface area contributed by atoms with Crippen molar-refractivity contribution in [3.8, 4) is 0 Å². The third-order valence-electron chi connectivity index (χ3n) is 4.66. The average Bonchev–Trinajstić information content (AvgIpc) is 3.08. The SMILES string of the molecule is Clc1cc(CN2CCC[C@H](Cn3cncn3)C2)c2ncccc2c1. The van der Waals surface area contributed by atoms with Crippen molar-refractivity contribution in [2.75, 3.05) is 13.1 Å². The Morgan fingerprint density at radius 1 is 1.29 bits per heavy atom. The molecule has 0 saturated carbocycles. The lowest BCUT2D eigenvalue weighted by Crippen LogP contribution is -2.36. The van der Waals surface area contributed by atoms with Crippen LogP contribution in [0.4, 0.5) is 0 Å². The number of hydrogen-bond acceptors (Lipinski definition) is 4. The van der Waals surface area contributed by atoms with Crippen LogP contribution in [0, 0.1) is 5.92 Å². The topological polar surface area (TPSA) is 46.8 Å². The largest absolute Gasteiger partial charge is 0.299 e. The maximum atomic E-state index is 6.30. The lowest BCUT2D eigenvalue weighted by atomic mass is 9.97. The minimum atomic E-state index is 0.610. The molecule has 4 rings (SSSR count). The molecular formula is C18H20ClN5. The summed E-state index contributed by atoms with van der Waals surface area (Å²) in [5, 5.41) is 6.12. The van der Waals surface area contributed by atoms with Gasteiger partial charge >= 0.3 is 0 Å². The van der Waals surface area contributed by atoms with Crippen molar-refractivity contribution in [2.24, 2.45) is 5.92 Å². The highest BCUT2D eigenvalue weighted by Gasteiger charge is 2.21. The minimum Gasteiger partial charge on any atom is -0.299 e. The third-order valence-corrected chi connectivity index (χ3v) is 4.88. The van der Waals surface area contributed by atoms with Crippen molar-refractivity contribution in [1.29, 1.82) is 0 Å². The molecule has 1 aliphatic heterocycles. The molecule has 5 nitrogen and oxygen atoms in total. The number of likely N-dealkylation sites (tertiary alicyclic amines) is 1. The van der Waals surface area contributed by atoms with Crippen LogP contribution >= 0.6 is 11.6 Å². The van der Waals surface area contributed by atoms with Crippen molar-refractivity contribution >= 4 is 22.5 Å². The van der Waals surface area contributed by atoms with Gasteiger partial charge in [-0.1, -0.05) is 17.7 Å². The van der Waals surface area contributed by atoms with E-state index in [-0.39, 0.29) is 0 Å². The van der Waals surface area contributed by atoms with Crippen LogP contribution in [0.25, 0.3) is 10.9 Å². The number of nitrogens with zero attached hydrogens (tertiary/aromatic N) is 5. The zero-order valence-corrected chi connectivity index (χ0v) is 14.2. The number of hydrogen-bond donors (Lipinski definition) is 0. The molecular weight excluding hydrogens is 322 g/mol. The number of halogens is 1. The summed E-state index contributed by atoms with van der Waals surface area (Å²) in [5.41, 5.74) is 2.26. The highest BCUT2D eigenvalue weighted by atomic mass is 35.5. The molecule has 2 aromatic heterocycles. The Labute approximate surface area is 146 Å². The summed E-state index contributed by atoms with van der Waals surface area (Å²) in [5.74, 6) is 0.610. The lowest BCUT2D eigenvalue weighted by molar-refractivity contribution is 0.153. The molecule has 3 heterocycles. The Hall–Kier alpha value is -1.98. The zero-order chi connectivity index (χ0) is 16.4. The fourth-order valence-corrected chi connectivity index (χ4v) is 3.87. The van der Waals surface area contributed by atoms with E-state index in [2.05, 4.69) is 32.1 Å². The van der Waals surface area contributed by atoms with Gasteiger partial charge in [-0.3, -0.25) is 14.6 Å². The molecule has 0 amide bonds. The van der Waals surface area contributed by atoms with Gasteiger partial charge in [-0.05, 0) is 49.1 Å². The Morgan fingerprint density at radius 2 is 2.25 bits per heavy atom. The predicted molar refractivity (Wildman–Crippen MR) is 94.8 cm³/mol. The van der Waals surface area contributed by atoms with E-state index in [0.717, 1.165) is 42.1 Å². The maximum Gasteiger partial charge on any atom is 0.137 e. The number of piperidine rings is 1. The average molecular weight is 342 g/mol. The molecule has 0 unspecified atom stereocenters. The van der Waals surface area contributed by atoms with Gasteiger partial charge in [0.05, 0.1) is 5.52 Å². The molecule has 0 N–H and O–H groups in total. The summed E-state index contributed by atoms with van der Waals surface area (Å²) in [6, 6.07) is 8.06. The summed E-state index contributed by atoms with van der Waals surface area (Å²) in [7, 11) is 0. The smallest absolute Gasteiger partial charge is 0.137 e. The quantitative estimate of drug-likeness (QED) is 0.729. The van der Waals surface area contributed by atoms with Gasteiger partial charge in [0.1, 0.15) is 12.7 Å². The van der Waals surface area contributed by atoms with Crippen molar-refractivity contribution in [1.82, 2.24) is 24.6 Å². The molecule has 24 heavy (non-hydrogen) atoms. The number of benzene rings is 1. The van der Waals surface area contributed by atoms with Crippen LogP contribution in [0.1, 0.15) is 18.4 Å². The summed E-state index contributed by atoms with van der Waals surface area (Å²) < 4.78 is 1.94. The van der Waals surface area contributed by atoms with Gasteiger partial charge in [-0.2, -0.15) is 5.10 Å². The van der Waals surface area contributed by atoms with E-state index >= 15 is 0 Å². The Bertz CT molecular complexity index is 817. The van der Waals surface area contributed by atoms with Gasteiger partial charge < -0.3 is 0 Å². The molecule has 6 heteroatoms. The minimum absolute atomic E-state index is 0.610. The van der Waals surface area contributed by atoms with Crippen molar-refractivity contribution in [3.63, 3.8) is 0 Å². The van der Waals surface area contributed by atoms with Gasteiger partial charge in [0, 0.05) is 36.2 Å². The van der Waals surface area contributed by atoms with E-state index in [1.54, 1.807) is 12.7 Å². The first-order valence-corrected chi connectivity index (χ1v) is 8.73. The van der Waals surface area contributed by atoms with E-state index in [1.165, 1.54) is 18.4 Å². The number of pyridine rings is 1. The molecule has 1 fully saturated rings. The van der Waals surface area contributed by atoms with Crippen LogP contribution in [0.2, 0.25) is 5.02 Å². The molecule has 0 bridgehead atoms. The van der Waals surface area contributed by atoms with Gasteiger partial charge in [-0.15, -0.1) is 0 Å². The van der Waals surface area contributed by atoms with Crippen molar-refractivity contribution in [2.45, 2.75) is 25.9 Å². The zero-order valence-electron chi connectivity index (χ0n) is 13.5. The van der Waals surface area contributed by atoms with E-state index in [9.17, 15) is 0 Å². The van der Waals surface area contributed by atoms with Crippen molar-refractivity contribution < 1.29 is 0 Å². The van der Waals surface area contributed by atoms with Gasteiger partial charge in [-0.25, -0.2) is 4.98 Å². The summed E-state index contributed by atoms with van der Waals surface area (Å²) in [4.78, 5) is 11.1. The number of rotatable bonds is 4. The standard InChI is InChI=1S/C18H20ClN5/c19-17-7-15-4-1-5-21-18(15)16(8-17)11-23-6-2-3-14(9-23)10-24-13-20-12-22-24/h1,4-5,7-8,12-14H,2-3,6,9-11H2/t14-/m0/s1. The maximum absolute atomic E-state index is 6.30. The molecule has 0 aliphatic carbocycles. The number of aromatic nitrogens is 4. The first-order chi connectivity index (χ1) is 11.8. The van der Waals surface area contributed by atoms with Crippen LogP contribution in [0.15, 0.2) is 43.1 Å². The molecule has 0 spiro atoms. The van der Waals surface area contributed by atoms with Gasteiger partial charge in [0.15, 0.2) is 0 Å². The molecule has 3 aromatic rings. The first kappa shape index (κ1) is 15.5. The Balaban J connectivity index is 1.50. The van der Waals surface area contributed by atoms with Crippen LogP contribution in [-0.2, 0) is 13.1 Å². The molecule has 1 saturated heterocycles.